The molecule has 0 saturated heterocycles. The van der Waals surface area contributed by atoms with Crippen LogP contribution in [0.3, 0.4) is 0 Å². The zero-order valence-corrected chi connectivity index (χ0v) is 18.0. The first-order valence-corrected chi connectivity index (χ1v) is 10.6. The van der Waals surface area contributed by atoms with E-state index in [1.54, 1.807) is 36.7 Å². The summed E-state index contributed by atoms with van der Waals surface area (Å²) >= 11 is 1.41. The Bertz CT molecular complexity index is 851. The van der Waals surface area contributed by atoms with E-state index in [4.69, 9.17) is 5.73 Å². The Morgan fingerprint density at radius 2 is 1.93 bits per heavy atom. The lowest BCUT2D eigenvalue weighted by molar-refractivity contribution is 0.0946. The van der Waals surface area contributed by atoms with Crippen LogP contribution in [-0.2, 0) is 23.0 Å². The molecule has 7 nitrogen and oxygen atoms in total. The average Bonchev–Trinajstić information content (AvgIpc) is 3.08. The number of hydrogen-bond donors (Lipinski definition) is 2. The number of sulfonamides is 1. The summed E-state index contributed by atoms with van der Waals surface area (Å²) in [7, 11) is -1.95. The highest BCUT2D eigenvalue weighted by Gasteiger charge is 2.22. The first kappa shape index (κ1) is 23.5. The monoisotopic (exact) mass is 432 g/mol. The number of aromatic nitrogens is 1. The Morgan fingerprint density at radius 3 is 2.48 bits per heavy atom. The predicted molar refractivity (Wildman–Crippen MR) is 110 cm³/mol. The van der Waals surface area contributed by atoms with Crippen molar-refractivity contribution >= 4 is 39.7 Å². The molecule has 0 aliphatic rings. The van der Waals surface area contributed by atoms with E-state index < -0.39 is 10.0 Å². The van der Waals surface area contributed by atoms with Crippen LogP contribution in [0.1, 0.15) is 34.9 Å². The number of amides is 1. The van der Waals surface area contributed by atoms with Gasteiger partial charge in [-0.25, -0.2) is 13.4 Å². The second-order valence-corrected chi connectivity index (χ2v) is 9.05. The number of halogens is 1. The van der Waals surface area contributed by atoms with Crippen molar-refractivity contribution in [3.8, 4) is 0 Å². The summed E-state index contributed by atoms with van der Waals surface area (Å²) < 4.78 is 26.2. The maximum atomic E-state index is 12.4. The summed E-state index contributed by atoms with van der Waals surface area (Å²) in [5.41, 5.74) is 6.66. The highest BCUT2D eigenvalue weighted by molar-refractivity contribution is 7.89. The lowest BCUT2D eigenvalue weighted by atomic mass is 10.2. The molecule has 0 fully saturated rings. The molecule has 3 N–H and O–H groups in total. The van der Waals surface area contributed by atoms with E-state index in [9.17, 15) is 13.2 Å². The summed E-state index contributed by atoms with van der Waals surface area (Å²) in [6.07, 6.45) is 0.651. The molecule has 10 heteroatoms. The maximum absolute atomic E-state index is 12.4. The van der Waals surface area contributed by atoms with E-state index in [1.165, 1.54) is 15.6 Å². The largest absolute Gasteiger partial charge is 0.347 e. The van der Waals surface area contributed by atoms with Crippen molar-refractivity contribution in [1.82, 2.24) is 14.6 Å². The Hall–Kier alpha value is -1.52. The van der Waals surface area contributed by atoms with Gasteiger partial charge in [-0.05, 0) is 38.1 Å². The standard InChI is InChI=1S/C17H24N4O3S2.ClH/c1-12(2)21(3)26(23,24)14-6-4-13(5-7-14)10-19-17(22)15-11-25-16(20-15)8-9-18;/h4-7,11-12H,8-10,18H2,1-3H3,(H,19,22);1H. The zero-order chi connectivity index (χ0) is 19.3. The number of hydrogen-bond acceptors (Lipinski definition) is 6. The molecule has 0 atom stereocenters. The zero-order valence-electron chi connectivity index (χ0n) is 15.5. The molecule has 0 unspecified atom stereocenters. The Kier molecular flexibility index (Phi) is 8.83. The van der Waals surface area contributed by atoms with E-state index in [0.717, 1.165) is 10.6 Å². The molecule has 0 aliphatic carbocycles. The smallest absolute Gasteiger partial charge is 0.271 e. The number of rotatable bonds is 8. The molecule has 1 heterocycles. The predicted octanol–water partition coefficient (Wildman–Crippen LogP) is 2.02. The van der Waals surface area contributed by atoms with E-state index in [2.05, 4.69) is 10.3 Å². The molecule has 2 aromatic rings. The number of nitrogens with one attached hydrogen (secondary N) is 1. The fourth-order valence-electron chi connectivity index (χ4n) is 2.15. The van der Waals surface area contributed by atoms with Gasteiger partial charge in [0.15, 0.2) is 0 Å². The minimum atomic E-state index is -3.50. The first-order valence-electron chi connectivity index (χ1n) is 8.25. The number of nitrogens with two attached hydrogens (primary N) is 1. The molecule has 1 amide bonds. The van der Waals surface area contributed by atoms with Crippen LogP contribution in [0.2, 0.25) is 0 Å². The van der Waals surface area contributed by atoms with Gasteiger partial charge in [0.05, 0.1) is 9.90 Å². The van der Waals surface area contributed by atoms with Crippen molar-refractivity contribution < 1.29 is 13.2 Å². The maximum Gasteiger partial charge on any atom is 0.271 e. The van der Waals surface area contributed by atoms with Crippen LogP contribution in [0.4, 0.5) is 0 Å². The highest BCUT2D eigenvalue weighted by Crippen LogP contribution is 2.17. The van der Waals surface area contributed by atoms with Gasteiger partial charge in [-0.3, -0.25) is 4.79 Å². The van der Waals surface area contributed by atoms with Crippen LogP contribution in [0.15, 0.2) is 34.5 Å². The van der Waals surface area contributed by atoms with Gasteiger partial charge < -0.3 is 11.1 Å². The summed E-state index contributed by atoms with van der Waals surface area (Å²) in [4.78, 5) is 16.6. The Morgan fingerprint density at radius 1 is 1.30 bits per heavy atom. The number of carbonyl (C=O) groups is 1. The van der Waals surface area contributed by atoms with Crippen molar-refractivity contribution in [3.63, 3.8) is 0 Å². The number of benzene rings is 1. The third-order valence-electron chi connectivity index (χ3n) is 3.92. The van der Waals surface area contributed by atoms with Gasteiger partial charge in [0.2, 0.25) is 10.0 Å². The quantitative estimate of drug-likeness (QED) is 0.663. The van der Waals surface area contributed by atoms with Crippen LogP contribution in [-0.4, -0.2) is 43.2 Å². The van der Waals surface area contributed by atoms with Gasteiger partial charge in [0.1, 0.15) is 5.69 Å². The molecule has 1 aromatic carbocycles. The van der Waals surface area contributed by atoms with Crippen LogP contribution in [0.5, 0.6) is 0 Å². The third kappa shape index (κ3) is 5.98. The molecule has 0 radical (unpaired) electrons. The van der Waals surface area contributed by atoms with E-state index >= 15 is 0 Å². The first-order chi connectivity index (χ1) is 12.3. The van der Waals surface area contributed by atoms with Crippen LogP contribution in [0, 0.1) is 0 Å². The highest BCUT2D eigenvalue weighted by atomic mass is 35.5. The molecule has 0 bridgehead atoms. The van der Waals surface area contributed by atoms with Crippen molar-refractivity contribution in [2.45, 2.75) is 37.8 Å². The van der Waals surface area contributed by atoms with Gasteiger partial charge in [0.25, 0.3) is 5.91 Å². The second kappa shape index (κ2) is 10.1. The van der Waals surface area contributed by atoms with E-state index in [0.29, 0.717) is 25.2 Å². The van der Waals surface area contributed by atoms with Crippen LogP contribution < -0.4 is 11.1 Å². The van der Waals surface area contributed by atoms with Gasteiger partial charge in [-0.1, -0.05) is 12.1 Å². The average molecular weight is 433 g/mol. The minimum Gasteiger partial charge on any atom is -0.347 e. The summed E-state index contributed by atoms with van der Waals surface area (Å²) in [5, 5.41) is 5.32. The van der Waals surface area contributed by atoms with Crippen molar-refractivity contribution in [2.24, 2.45) is 5.73 Å². The summed E-state index contributed by atoms with van der Waals surface area (Å²) in [6.45, 7) is 4.43. The van der Waals surface area contributed by atoms with E-state index in [1.807, 2.05) is 13.8 Å². The Labute approximate surface area is 170 Å². The molecule has 150 valence electrons. The Balaban J connectivity index is 0.00000364. The SMILES string of the molecule is CC(C)N(C)S(=O)(=O)c1ccc(CNC(=O)c2csc(CCN)n2)cc1.Cl. The molecular formula is C17H25ClN4O3S2. The van der Waals surface area contributed by atoms with Crippen LogP contribution >= 0.6 is 23.7 Å². The number of nitrogens with zero attached hydrogens (tertiary/aromatic N) is 2. The summed E-state index contributed by atoms with van der Waals surface area (Å²) in [6, 6.07) is 6.38. The third-order valence-corrected chi connectivity index (χ3v) is 6.88. The molecule has 2 rings (SSSR count). The molecule has 1 aromatic heterocycles. The van der Waals surface area contributed by atoms with Gasteiger partial charge in [0, 0.05) is 31.4 Å². The van der Waals surface area contributed by atoms with Crippen molar-refractivity contribution in [1.29, 1.82) is 0 Å². The van der Waals surface area contributed by atoms with Gasteiger partial charge in [-0.2, -0.15) is 4.31 Å². The van der Waals surface area contributed by atoms with Crippen molar-refractivity contribution in [2.75, 3.05) is 13.6 Å². The summed E-state index contributed by atoms with van der Waals surface area (Å²) in [5.74, 6) is -0.263. The van der Waals surface area contributed by atoms with Crippen molar-refractivity contribution in [3.05, 3.63) is 45.9 Å². The topological polar surface area (TPSA) is 105 Å². The molecule has 0 spiro atoms. The molecule has 0 aliphatic heterocycles. The molecular weight excluding hydrogens is 408 g/mol. The fourth-order valence-corrected chi connectivity index (χ4v) is 4.31. The second-order valence-electron chi connectivity index (χ2n) is 6.11. The molecule has 0 saturated carbocycles. The normalized spacial score (nSPS) is 11.5. The van der Waals surface area contributed by atoms with Crippen LogP contribution in [0.25, 0.3) is 0 Å². The van der Waals surface area contributed by atoms with Gasteiger partial charge in [-0.15, -0.1) is 23.7 Å². The van der Waals surface area contributed by atoms with E-state index in [-0.39, 0.29) is 29.3 Å². The lowest BCUT2D eigenvalue weighted by Crippen LogP contribution is -2.33. The lowest BCUT2D eigenvalue weighted by Gasteiger charge is -2.21. The van der Waals surface area contributed by atoms with Gasteiger partial charge >= 0.3 is 0 Å². The fraction of sp³-hybridized carbons (Fsp3) is 0.412. The number of carbonyl (C=O) groups excluding carboxylic acids is 1. The number of thiazole rings is 1. The molecule has 27 heavy (non-hydrogen) atoms. The minimum absolute atomic E-state index is 0.